The van der Waals surface area contributed by atoms with Gasteiger partial charge in [-0.2, -0.15) is 0 Å². The Hall–Kier alpha value is -3.71. The molecule has 1 amide bonds. The van der Waals surface area contributed by atoms with Crippen LogP contribution >= 0.6 is 11.6 Å². The Balaban J connectivity index is 1.45. The standard InChI is InChI=1S/C26H25ClN4O3/c1-18(32)34-24-25(27)29-22(30-26(24)31-15-5-6-16-31)17-20-9-12-21(13-10-20)28-23(33)14-11-19-7-3-2-4-8-19/h2-4,7-14H,5-6,15-17H2,1H3,(H,28,33)/b14-11+. The highest BCUT2D eigenvalue weighted by molar-refractivity contribution is 6.31. The summed E-state index contributed by atoms with van der Waals surface area (Å²) in [6, 6.07) is 17.1. The summed E-state index contributed by atoms with van der Waals surface area (Å²) >= 11 is 6.37. The van der Waals surface area contributed by atoms with Crippen LogP contribution in [-0.2, 0) is 16.0 Å². The van der Waals surface area contributed by atoms with Gasteiger partial charge >= 0.3 is 5.97 Å². The Labute approximate surface area is 203 Å². The zero-order valence-corrected chi connectivity index (χ0v) is 19.6. The van der Waals surface area contributed by atoms with Crippen molar-refractivity contribution in [3.63, 3.8) is 0 Å². The molecule has 0 saturated carbocycles. The second kappa shape index (κ2) is 10.9. The molecule has 1 N–H and O–H groups in total. The number of ether oxygens (including phenoxy) is 1. The number of hydrogen-bond acceptors (Lipinski definition) is 6. The topological polar surface area (TPSA) is 84.4 Å². The lowest BCUT2D eigenvalue weighted by Gasteiger charge is -2.20. The number of nitrogens with zero attached hydrogens (tertiary/aromatic N) is 3. The van der Waals surface area contributed by atoms with E-state index in [9.17, 15) is 9.59 Å². The highest BCUT2D eigenvalue weighted by Gasteiger charge is 2.24. The molecule has 0 aliphatic carbocycles. The van der Waals surface area contributed by atoms with Crippen LogP contribution in [0.5, 0.6) is 5.75 Å². The Morgan fingerprint density at radius 3 is 2.44 bits per heavy atom. The van der Waals surface area contributed by atoms with Crippen molar-refractivity contribution in [2.24, 2.45) is 0 Å². The summed E-state index contributed by atoms with van der Waals surface area (Å²) in [5.74, 6) is 0.626. The molecule has 34 heavy (non-hydrogen) atoms. The van der Waals surface area contributed by atoms with Crippen molar-refractivity contribution in [2.75, 3.05) is 23.3 Å². The summed E-state index contributed by atoms with van der Waals surface area (Å²) in [5, 5.41) is 2.97. The van der Waals surface area contributed by atoms with Crippen molar-refractivity contribution in [1.82, 2.24) is 9.97 Å². The number of esters is 1. The number of halogens is 1. The number of benzene rings is 2. The van der Waals surface area contributed by atoms with Gasteiger partial charge in [0.15, 0.2) is 11.0 Å². The number of amides is 1. The van der Waals surface area contributed by atoms with Crippen LogP contribution in [0.25, 0.3) is 6.08 Å². The van der Waals surface area contributed by atoms with Crippen molar-refractivity contribution in [1.29, 1.82) is 0 Å². The average molecular weight is 477 g/mol. The summed E-state index contributed by atoms with van der Waals surface area (Å²) in [6.45, 7) is 2.98. The summed E-state index contributed by atoms with van der Waals surface area (Å²) < 4.78 is 5.31. The molecule has 4 rings (SSSR count). The molecule has 2 aromatic carbocycles. The van der Waals surface area contributed by atoms with Crippen molar-refractivity contribution < 1.29 is 14.3 Å². The summed E-state index contributed by atoms with van der Waals surface area (Å²) in [7, 11) is 0. The van der Waals surface area contributed by atoms with Crippen LogP contribution < -0.4 is 15.0 Å². The van der Waals surface area contributed by atoms with Crippen LogP contribution in [0.4, 0.5) is 11.5 Å². The molecule has 0 spiro atoms. The molecular formula is C26H25ClN4O3. The highest BCUT2D eigenvalue weighted by atomic mass is 35.5. The third-order valence-corrected chi connectivity index (χ3v) is 5.57. The van der Waals surface area contributed by atoms with Gasteiger partial charge in [-0.1, -0.05) is 54.1 Å². The van der Waals surface area contributed by atoms with E-state index in [-0.39, 0.29) is 16.8 Å². The monoisotopic (exact) mass is 476 g/mol. The zero-order valence-electron chi connectivity index (χ0n) is 18.8. The minimum atomic E-state index is -0.463. The Morgan fingerprint density at radius 2 is 1.76 bits per heavy atom. The molecule has 7 nitrogen and oxygen atoms in total. The van der Waals surface area contributed by atoms with E-state index in [1.54, 1.807) is 6.08 Å². The summed E-state index contributed by atoms with van der Waals surface area (Å²) in [6.07, 6.45) is 5.81. The number of anilines is 2. The van der Waals surface area contributed by atoms with Gasteiger partial charge in [-0.3, -0.25) is 9.59 Å². The molecule has 1 aliphatic rings. The molecule has 2 heterocycles. The van der Waals surface area contributed by atoms with Crippen molar-refractivity contribution >= 4 is 41.1 Å². The largest absolute Gasteiger partial charge is 0.419 e. The molecule has 1 aromatic heterocycles. The minimum Gasteiger partial charge on any atom is -0.419 e. The smallest absolute Gasteiger partial charge is 0.308 e. The predicted octanol–water partition coefficient (Wildman–Crippen LogP) is 4.90. The zero-order chi connectivity index (χ0) is 23.9. The van der Waals surface area contributed by atoms with Gasteiger partial charge < -0.3 is 15.0 Å². The van der Waals surface area contributed by atoms with Crippen LogP contribution in [0, 0.1) is 0 Å². The van der Waals surface area contributed by atoms with Gasteiger partial charge in [0.25, 0.3) is 0 Å². The minimum absolute atomic E-state index is 0.121. The van der Waals surface area contributed by atoms with E-state index < -0.39 is 5.97 Å². The van der Waals surface area contributed by atoms with Crippen LogP contribution in [0.2, 0.25) is 5.15 Å². The van der Waals surface area contributed by atoms with Crippen LogP contribution in [0.15, 0.2) is 60.7 Å². The van der Waals surface area contributed by atoms with E-state index in [1.165, 1.54) is 13.0 Å². The van der Waals surface area contributed by atoms with E-state index >= 15 is 0 Å². The lowest BCUT2D eigenvalue weighted by molar-refractivity contribution is -0.131. The van der Waals surface area contributed by atoms with Crippen LogP contribution in [0.1, 0.15) is 36.7 Å². The molecule has 0 atom stereocenters. The SMILES string of the molecule is CC(=O)Oc1c(Cl)nc(Cc2ccc(NC(=O)/C=C/c3ccccc3)cc2)nc1N1CCCC1. The Bertz CT molecular complexity index is 1190. The van der Waals surface area contributed by atoms with Crippen molar-refractivity contribution in [2.45, 2.75) is 26.2 Å². The van der Waals surface area contributed by atoms with Crippen LogP contribution in [-0.4, -0.2) is 34.9 Å². The van der Waals surface area contributed by atoms with E-state index in [0.717, 1.165) is 37.1 Å². The summed E-state index contributed by atoms with van der Waals surface area (Å²) in [5.41, 5.74) is 2.61. The number of carbonyl (C=O) groups excluding carboxylic acids is 2. The van der Waals surface area contributed by atoms with E-state index in [1.807, 2.05) is 54.6 Å². The van der Waals surface area contributed by atoms with E-state index in [4.69, 9.17) is 16.3 Å². The van der Waals surface area contributed by atoms with E-state index in [0.29, 0.717) is 23.8 Å². The van der Waals surface area contributed by atoms with Crippen molar-refractivity contribution in [3.05, 3.63) is 82.8 Å². The van der Waals surface area contributed by atoms with Crippen molar-refractivity contribution in [3.8, 4) is 5.75 Å². The van der Waals surface area contributed by atoms with Gasteiger partial charge in [-0.15, -0.1) is 0 Å². The maximum atomic E-state index is 12.2. The molecule has 8 heteroatoms. The lowest BCUT2D eigenvalue weighted by Crippen LogP contribution is -2.22. The molecule has 0 radical (unpaired) electrons. The average Bonchev–Trinajstić information content (AvgIpc) is 3.36. The fourth-order valence-electron chi connectivity index (χ4n) is 3.72. The first-order valence-corrected chi connectivity index (χ1v) is 11.5. The normalized spacial score (nSPS) is 13.3. The van der Waals surface area contributed by atoms with Gasteiger partial charge in [-0.05, 0) is 42.2 Å². The first-order valence-electron chi connectivity index (χ1n) is 11.1. The fourth-order valence-corrected chi connectivity index (χ4v) is 3.94. The van der Waals surface area contributed by atoms with Gasteiger partial charge in [0, 0.05) is 38.2 Å². The second-order valence-electron chi connectivity index (χ2n) is 7.98. The van der Waals surface area contributed by atoms with Gasteiger partial charge in [0.2, 0.25) is 11.7 Å². The van der Waals surface area contributed by atoms with Gasteiger partial charge in [0.05, 0.1) is 0 Å². The third-order valence-electron chi connectivity index (χ3n) is 5.31. The first kappa shape index (κ1) is 23.4. The second-order valence-corrected chi connectivity index (χ2v) is 8.34. The number of aromatic nitrogens is 2. The maximum absolute atomic E-state index is 12.2. The molecule has 1 saturated heterocycles. The molecule has 1 fully saturated rings. The van der Waals surface area contributed by atoms with E-state index in [2.05, 4.69) is 20.2 Å². The maximum Gasteiger partial charge on any atom is 0.308 e. The molecule has 3 aromatic rings. The Morgan fingerprint density at radius 1 is 1.06 bits per heavy atom. The number of carbonyl (C=O) groups is 2. The lowest BCUT2D eigenvalue weighted by atomic mass is 10.1. The molecule has 0 bridgehead atoms. The fraction of sp³-hybridized carbons (Fsp3) is 0.231. The molecule has 1 aliphatic heterocycles. The predicted molar refractivity (Wildman–Crippen MR) is 133 cm³/mol. The molecular weight excluding hydrogens is 452 g/mol. The summed E-state index contributed by atoms with van der Waals surface area (Å²) in [4.78, 5) is 34.8. The van der Waals surface area contributed by atoms with Gasteiger partial charge in [-0.25, -0.2) is 9.97 Å². The highest BCUT2D eigenvalue weighted by Crippen LogP contribution is 2.35. The quantitative estimate of drug-likeness (QED) is 0.296. The van der Waals surface area contributed by atoms with Gasteiger partial charge in [0.1, 0.15) is 5.82 Å². The van der Waals surface area contributed by atoms with Crippen LogP contribution in [0.3, 0.4) is 0 Å². The number of rotatable bonds is 7. The first-order chi connectivity index (χ1) is 16.5. The third kappa shape index (κ3) is 6.20. The number of nitrogens with one attached hydrogen (secondary N) is 1. The number of hydrogen-bond donors (Lipinski definition) is 1. The Kier molecular flexibility index (Phi) is 7.54. The molecule has 0 unspecified atom stereocenters. The molecule has 174 valence electrons.